The Bertz CT molecular complexity index is 821. The van der Waals surface area contributed by atoms with E-state index in [1.165, 1.54) is 4.88 Å². The lowest BCUT2D eigenvalue weighted by Gasteiger charge is -2.35. The smallest absolute Gasteiger partial charge is 0.237 e. The van der Waals surface area contributed by atoms with Crippen LogP contribution in [0.3, 0.4) is 0 Å². The summed E-state index contributed by atoms with van der Waals surface area (Å²) >= 11 is 1.67. The number of carbonyl (C=O) groups is 2. The monoisotopic (exact) mass is 401 g/mol. The number of para-hydroxylation sites is 1. The molecule has 0 saturated carbocycles. The van der Waals surface area contributed by atoms with Crippen molar-refractivity contribution in [2.75, 3.05) is 19.7 Å². The first kappa shape index (κ1) is 20.4. The van der Waals surface area contributed by atoms with Gasteiger partial charge in [-0.1, -0.05) is 18.2 Å². The molecule has 1 saturated heterocycles. The standard InChI is InChI=1S/C21H27N3O3S/c1-3-27-19-7-5-4-6-16(19)14-24-11-10-22-21(26)18(24)12-20(25)23-13-17-9-8-15(2)28-17/h4-9,18H,3,10-14H2,1-2H3,(H,22,26)(H,23,25)/t18-/m1/s1. The molecule has 0 radical (unpaired) electrons. The van der Waals surface area contributed by atoms with Gasteiger partial charge in [-0.2, -0.15) is 0 Å². The Morgan fingerprint density at radius 2 is 2.14 bits per heavy atom. The molecule has 0 unspecified atom stereocenters. The Labute approximate surface area is 169 Å². The fraction of sp³-hybridized carbons (Fsp3) is 0.429. The minimum atomic E-state index is -0.478. The molecule has 1 aliphatic rings. The van der Waals surface area contributed by atoms with Gasteiger partial charge in [0.2, 0.25) is 11.8 Å². The van der Waals surface area contributed by atoms with Gasteiger partial charge in [-0.15, -0.1) is 11.3 Å². The second-order valence-corrected chi connectivity index (χ2v) is 8.18. The van der Waals surface area contributed by atoms with E-state index in [0.717, 1.165) is 16.2 Å². The van der Waals surface area contributed by atoms with Crippen molar-refractivity contribution in [2.45, 2.75) is 39.4 Å². The fourth-order valence-electron chi connectivity index (χ4n) is 3.34. The summed E-state index contributed by atoms with van der Waals surface area (Å²) in [6.07, 6.45) is 0.146. The molecule has 1 aromatic heterocycles. The summed E-state index contributed by atoms with van der Waals surface area (Å²) in [6, 6.07) is 11.4. The average Bonchev–Trinajstić information content (AvgIpc) is 3.10. The number of aryl methyl sites for hydroxylation is 1. The number of piperazine rings is 1. The maximum absolute atomic E-state index is 12.5. The molecule has 0 bridgehead atoms. The topological polar surface area (TPSA) is 70.7 Å². The van der Waals surface area contributed by atoms with Crippen molar-refractivity contribution in [1.29, 1.82) is 0 Å². The van der Waals surface area contributed by atoms with Crippen LogP contribution in [0.25, 0.3) is 0 Å². The van der Waals surface area contributed by atoms with Crippen molar-refractivity contribution >= 4 is 23.2 Å². The summed E-state index contributed by atoms with van der Waals surface area (Å²) in [7, 11) is 0. The molecule has 28 heavy (non-hydrogen) atoms. The van der Waals surface area contributed by atoms with Crippen LogP contribution in [0.5, 0.6) is 5.75 Å². The van der Waals surface area contributed by atoms with Crippen LogP contribution in [0.15, 0.2) is 36.4 Å². The van der Waals surface area contributed by atoms with Gasteiger partial charge in [0, 0.05) is 35.0 Å². The molecule has 1 atom stereocenters. The average molecular weight is 402 g/mol. The molecule has 2 amide bonds. The van der Waals surface area contributed by atoms with Crippen molar-refractivity contribution in [2.24, 2.45) is 0 Å². The van der Waals surface area contributed by atoms with E-state index >= 15 is 0 Å². The maximum atomic E-state index is 12.5. The number of thiophene rings is 1. The molecule has 1 aliphatic heterocycles. The highest BCUT2D eigenvalue weighted by molar-refractivity contribution is 7.11. The lowest BCUT2D eigenvalue weighted by Crippen LogP contribution is -2.56. The van der Waals surface area contributed by atoms with Crippen molar-refractivity contribution in [3.63, 3.8) is 0 Å². The molecule has 150 valence electrons. The third kappa shape index (κ3) is 5.33. The van der Waals surface area contributed by atoms with E-state index in [-0.39, 0.29) is 18.2 Å². The maximum Gasteiger partial charge on any atom is 0.237 e. The lowest BCUT2D eigenvalue weighted by molar-refractivity contribution is -0.134. The first-order valence-corrected chi connectivity index (χ1v) is 10.4. The van der Waals surface area contributed by atoms with E-state index < -0.39 is 6.04 Å². The molecule has 2 aromatic rings. The number of hydrogen-bond acceptors (Lipinski definition) is 5. The number of nitrogens with zero attached hydrogens (tertiary/aromatic N) is 1. The zero-order valence-corrected chi connectivity index (χ0v) is 17.2. The zero-order valence-electron chi connectivity index (χ0n) is 16.4. The minimum absolute atomic E-state index is 0.0951. The van der Waals surface area contributed by atoms with Gasteiger partial charge >= 0.3 is 0 Å². The zero-order chi connectivity index (χ0) is 19.9. The molecule has 0 aliphatic carbocycles. The van der Waals surface area contributed by atoms with E-state index in [4.69, 9.17) is 4.74 Å². The van der Waals surface area contributed by atoms with Crippen molar-refractivity contribution in [3.8, 4) is 5.75 Å². The fourth-order valence-corrected chi connectivity index (χ4v) is 4.17. The Hall–Kier alpha value is -2.38. The SMILES string of the molecule is CCOc1ccccc1CN1CCNC(=O)[C@H]1CC(=O)NCc1ccc(C)s1. The van der Waals surface area contributed by atoms with Gasteiger partial charge in [0.25, 0.3) is 0 Å². The summed E-state index contributed by atoms with van der Waals surface area (Å²) < 4.78 is 5.71. The number of carbonyl (C=O) groups excluding carboxylic acids is 2. The van der Waals surface area contributed by atoms with Gasteiger partial charge in [-0.25, -0.2) is 0 Å². The van der Waals surface area contributed by atoms with Crippen molar-refractivity contribution < 1.29 is 14.3 Å². The predicted octanol–water partition coefficient (Wildman–Crippen LogP) is 2.46. The summed E-state index contributed by atoms with van der Waals surface area (Å²) in [6.45, 7) is 6.94. The van der Waals surface area contributed by atoms with E-state index in [1.807, 2.05) is 50.2 Å². The highest BCUT2D eigenvalue weighted by Crippen LogP contribution is 2.22. The van der Waals surface area contributed by atoms with Crippen LogP contribution in [0.4, 0.5) is 0 Å². The predicted molar refractivity (Wildman–Crippen MR) is 110 cm³/mol. The summed E-state index contributed by atoms with van der Waals surface area (Å²) in [5.74, 6) is 0.616. The first-order chi connectivity index (χ1) is 13.6. The minimum Gasteiger partial charge on any atom is -0.494 e. The Balaban J connectivity index is 1.63. The number of ether oxygens (including phenoxy) is 1. The van der Waals surface area contributed by atoms with Gasteiger partial charge in [0.15, 0.2) is 0 Å². The van der Waals surface area contributed by atoms with E-state index in [2.05, 4.69) is 15.5 Å². The molecule has 2 heterocycles. The van der Waals surface area contributed by atoms with Crippen LogP contribution < -0.4 is 15.4 Å². The van der Waals surface area contributed by atoms with Crippen LogP contribution in [0, 0.1) is 6.92 Å². The molecule has 3 rings (SSSR count). The number of amides is 2. The van der Waals surface area contributed by atoms with E-state index in [0.29, 0.717) is 32.8 Å². The van der Waals surface area contributed by atoms with E-state index in [1.54, 1.807) is 11.3 Å². The highest BCUT2D eigenvalue weighted by Gasteiger charge is 2.32. The Kier molecular flexibility index (Phi) is 7.06. The summed E-state index contributed by atoms with van der Waals surface area (Å²) in [5.41, 5.74) is 1.03. The number of benzene rings is 1. The molecule has 2 N–H and O–H groups in total. The van der Waals surface area contributed by atoms with E-state index in [9.17, 15) is 9.59 Å². The molecular weight excluding hydrogens is 374 g/mol. The third-order valence-corrected chi connectivity index (χ3v) is 5.72. The number of rotatable bonds is 8. The van der Waals surface area contributed by atoms with Crippen LogP contribution in [-0.2, 0) is 22.7 Å². The molecular formula is C21H27N3O3S. The van der Waals surface area contributed by atoms with Gasteiger partial charge in [0.05, 0.1) is 25.6 Å². The Morgan fingerprint density at radius 3 is 2.89 bits per heavy atom. The number of hydrogen-bond donors (Lipinski definition) is 2. The first-order valence-electron chi connectivity index (χ1n) is 9.61. The lowest BCUT2D eigenvalue weighted by atomic mass is 10.1. The molecule has 1 fully saturated rings. The molecule has 6 nitrogen and oxygen atoms in total. The quantitative estimate of drug-likeness (QED) is 0.713. The van der Waals surface area contributed by atoms with Gasteiger partial charge < -0.3 is 15.4 Å². The molecule has 7 heteroatoms. The largest absolute Gasteiger partial charge is 0.494 e. The van der Waals surface area contributed by atoms with Crippen molar-refractivity contribution in [3.05, 3.63) is 51.7 Å². The normalized spacial score (nSPS) is 17.2. The van der Waals surface area contributed by atoms with Crippen LogP contribution in [0.1, 0.15) is 28.7 Å². The summed E-state index contributed by atoms with van der Waals surface area (Å²) in [4.78, 5) is 29.3. The van der Waals surface area contributed by atoms with Gasteiger partial charge in [-0.05, 0) is 32.0 Å². The highest BCUT2D eigenvalue weighted by atomic mass is 32.1. The van der Waals surface area contributed by atoms with Crippen LogP contribution in [-0.4, -0.2) is 42.5 Å². The second kappa shape index (κ2) is 9.71. The van der Waals surface area contributed by atoms with Gasteiger partial charge in [0.1, 0.15) is 5.75 Å². The molecule has 1 aromatic carbocycles. The second-order valence-electron chi connectivity index (χ2n) is 6.81. The molecule has 0 spiro atoms. The van der Waals surface area contributed by atoms with Crippen LogP contribution >= 0.6 is 11.3 Å². The Morgan fingerprint density at radius 1 is 1.32 bits per heavy atom. The summed E-state index contributed by atoms with van der Waals surface area (Å²) in [5, 5.41) is 5.82. The van der Waals surface area contributed by atoms with Gasteiger partial charge in [-0.3, -0.25) is 14.5 Å². The third-order valence-electron chi connectivity index (χ3n) is 4.72. The number of nitrogens with one attached hydrogen (secondary N) is 2. The van der Waals surface area contributed by atoms with Crippen LogP contribution in [0.2, 0.25) is 0 Å². The van der Waals surface area contributed by atoms with Crippen molar-refractivity contribution in [1.82, 2.24) is 15.5 Å².